The monoisotopic (exact) mass is 378 g/mol. The number of pyridine rings is 2. The van der Waals surface area contributed by atoms with Crippen molar-refractivity contribution >= 4 is 17.5 Å². The van der Waals surface area contributed by atoms with Crippen LogP contribution in [0.3, 0.4) is 0 Å². The highest BCUT2D eigenvalue weighted by Crippen LogP contribution is 2.40. The van der Waals surface area contributed by atoms with Gasteiger partial charge in [0.2, 0.25) is 5.91 Å². The smallest absolute Gasteiger partial charge is 0.222 e. The van der Waals surface area contributed by atoms with Gasteiger partial charge in [-0.3, -0.25) is 14.6 Å². The lowest BCUT2D eigenvalue weighted by Gasteiger charge is -2.48. The molecule has 0 N–H and O–H groups in total. The Labute approximate surface area is 165 Å². The van der Waals surface area contributed by atoms with Crippen LogP contribution in [0.5, 0.6) is 0 Å². The van der Waals surface area contributed by atoms with Crippen molar-refractivity contribution in [2.75, 3.05) is 24.5 Å². The van der Waals surface area contributed by atoms with Crippen LogP contribution >= 0.6 is 0 Å². The van der Waals surface area contributed by atoms with E-state index < -0.39 is 0 Å². The standard InChI is InChI=1S/C22H26N4O2/c1-17(27)19-5-6-20(24-13-19)25-11-3-8-22(15-25)9-7-21(28)26(16-22)14-18-4-2-10-23-12-18/h2,4-6,10,12-13H,3,7-9,11,14-16H2,1H3. The normalized spacial score (nSPS) is 22.5. The lowest BCUT2D eigenvalue weighted by Crippen LogP contribution is -2.54. The first-order chi connectivity index (χ1) is 13.5. The summed E-state index contributed by atoms with van der Waals surface area (Å²) < 4.78 is 0. The van der Waals surface area contributed by atoms with Gasteiger partial charge in [-0.1, -0.05) is 6.07 Å². The molecule has 4 rings (SSSR count). The molecule has 2 aliphatic rings. The van der Waals surface area contributed by atoms with Crippen LogP contribution in [0.2, 0.25) is 0 Å². The van der Waals surface area contributed by atoms with E-state index in [4.69, 9.17) is 0 Å². The summed E-state index contributed by atoms with van der Waals surface area (Å²) >= 11 is 0. The summed E-state index contributed by atoms with van der Waals surface area (Å²) in [5, 5.41) is 0. The van der Waals surface area contributed by atoms with E-state index in [1.165, 1.54) is 0 Å². The Morgan fingerprint density at radius 3 is 2.79 bits per heavy atom. The predicted molar refractivity (Wildman–Crippen MR) is 107 cm³/mol. The van der Waals surface area contributed by atoms with Crippen molar-refractivity contribution < 1.29 is 9.59 Å². The Hall–Kier alpha value is -2.76. The van der Waals surface area contributed by atoms with Gasteiger partial charge in [0.25, 0.3) is 0 Å². The van der Waals surface area contributed by atoms with E-state index in [2.05, 4.69) is 14.9 Å². The molecule has 146 valence electrons. The van der Waals surface area contributed by atoms with E-state index in [0.29, 0.717) is 18.5 Å². The summed E-state index contributed by atoms with van der Waals surface area (Å²) in [6.07, 6.45) is 9.01. The quantitative estimate of drug-likeness (QED) is 0.765. The minimum Gasteiger partial charge on any atom is -0.356 e. The van der Waals surface area contributed by atoms with Crippen molar-refractivity contribution in [3.8, 4) is 0 Å². The van der Waals surface area contributed by atoms with Crippen LogP contribution in [0.1, 0.15) is 48.5 Å². The highest BCUT2D eigenvalue weighted by molar-refractivity contribution is 5.93. The average Bonchev–Trinajstić information content (AvgIpc) is 2.72. The van der Waals surface area contributed by atoms with Crippen LogP contribution in [-0.2, 0) is 11.3 Å². The van der Waals surface area contributed by atoms with Crippen LogP contribution in [0, 0.1) is 5.41 Å². The van der Waals surface area contributed by atoms with Crippen molar-refractivity contribution in [3.63, 3.8) is 0 Å². The van der Waals surface area contributed by atoms with Crippen molar-refractivity contribution in [3.05, 3.63) is 54.0 Å². The molecule has 1 unspecified atom stereocenters. The molecule has 6 nitrogen and oxygen atoms in total. The number of Topliss-reactive ketones (excluding diaryl/α,β-unsaturated/α-hetero) is 1. The molecule has 1 atom stereocenters. The van der Waals surface area contributed by atoms with Gasteiger partial charge < -0.3 is 9.80 Å². The zero-order chi connectivity index (χ0) is 19.6. The van der Waals surface area contributed by atoms with E-state index in [0.717, 1.165) is 50.3 Å². The van der Waals surface area contributed by atoms with Crippen LogP contribution in [-0.4, -0.2) is 46.2 Å². The third kappa shape index (κ3) is 3.91. The van der Waals surface area contributed by atoms with Gasteiger partial charge in [0.15, 0.2) is 5.78 Å². The van der Waals surface area contributed by atoms with Crippen molar-refractivity contribution in [2.45, 2.75) is 39.2 Å². The molecule has 6 heteroatoms. The summed E-state index contributed by atoms with van der Waals surface area (Å²) in [7, 11) is 0. The molecule has 4 heterocycles. The predicted octanol–water partition coefficient (Wildman–Crippen LogP) is 3.09. The molecule has 2 aromatic rings. The summed E-state index contributed by atoms with van der Waals surface area (Å²) in [5.74, 6) is 1.18. The minimum atomic E-state index is 0.0333. The van der Waals surface area contributed by atoms with Gasteiger partial charge in [-0.25, -0.2) is 4.98 Å². The Kier molecular flexibility index (Phi) is 5.11. The van der Waals surface area contributed by atoms with Crippen molar-refractivity contribution in [1.29, 1.82) is 0 Å². The lowest BCUT2D eigenvalue weighted by molar-refractivity contribution is -0.138. The molecule has 2 aromatic heterocycles. The molecular weight excluding hydrogens is 352 g/mol. The van der Waals surface area contributed by atoms with Crippen LogP contribution in [0.4, 0.5) is 5.82 Å². The minimum absolute atomic E-state index is 0.0333. The first-order valence-electron chi connectivity index (χ1n) is 9.93. The SMILES string of the molecule is CC(=O)c1ccc(N2CCCC3(CCC(=O)N(Cc4cccnc4)C3)C2)nc1. The summed E-state index contributed by atoms with van der Waals surface area (Å²) in [6.45, 7) is 4.83. The molecule has 28 heavy (non-hydrogen) atoms. The number of rotatable bonds is 4. The number of carbonyl (C=O) groups is 2. The highest BCUT2D eigenvalue weighted by Gasteiger charge is 2.42. The second-order valence-electron chi connectivity index (χ2n) is 8.10. The number of amides is 1. The first-order valence-corrected chi connectivity index (χ1v) is 9.93. The van der Waals surface area contributed by atoms with Gasteiger partial charge in [-0.15, -0.1) is 0 Å². The van der Waals surface area contributed by atoms with Crippen molar-refractivity contribution in [1.82, 2.24) is 14.9 Å². The molecule has 0 aliphatic carbocycles. The fourth-order valence-electron chi connectivity index (χ4n) is 4.48. The van der Waals surface area contributed by atoms with Gasteiger partial charge in [-0.2, -0.15) is 0 Å². The van der Waals surface area contributed by atoms with Crippen LogP contribution in [0.25, 0.3) is 0 Å². The number of aromatic nitrogens is 2. The number of anilines is 1. The number of piperidine rings is 2. The fraction of sp³-hybridized carbons (Fsp3) is 0.455. The van der Waals surface area contributed by atoms with Gasteiger partial charge in [0.05, 0.1) is 0 Å². The molecule has 2 aliphatic heterocycles. The molecule has 0 bridgehead atoms. The Morgan fingerprint density at radius 2 is 2.07 bits per heavy atom. The van der Waals surface area contributed by atoms with Gasteiger partial charge in [-0.05, 0) is 49.9 Å². The zero-order valence-corrected chi connectivity index (χ0v) is 16.3. The van der Waals surface area contributed by atoms with Gasteiger partial charge >= 0.3 is 0 Å². The van der Waals surface area contributed by atoms with Crippen LogP contribution in [0.15, 0.2) is 42.9 Å². The largest absolute Gasteiger partial charge is 0.356 e. The number of nitrogens with zero attached hydrogens (tertiary/aromatic N) is 4. The maximum absolute atomic E-state index is 12.5. The maximum atomic E-state index is 12.5. The summed E-state index contributed by atoms with van der Waals surface area (Å²) in [6, 6.07) is 7.73. The molecule has 2 fully saturated rings. The van der Waals surface area contributed by atoms with E-state index >= 15 is 0 Å². The van der Waals surface area contributed by atoms with Crippen LogP contribution < -0.4 is 4.90 Å². The summed E-state index contributed by atoms with van der Waals surface area (Å²) in [5.41, 5.74) is 1.82. The van der Waals surface area contributed by atoms with E-state index in [1.54, 1.807) is 19.3 Å². The number of ketones is 1. The Morgan fingerprint density at radius 1 is 1.18 bits per heavy atom. The van der Waals surface area contributed by atoms with E-state index in [1.807, 2.05) is 35.4 Å². The first kappa shape index (κ1) is 18.6. The second-order valence-corrected chi connectivity index (χ2v) is 8.10. The molecule has 0 radical (unpaired) electrons. The topological polar surface area (TPSA) is 66.4 Å². The van der Waals surface area contributed by atoms with Gasteiger partial charge in [0, 0.05) is 62.2 Å². The third-order valence-electron chi connectivity index (χ3n) is 5.98. The van der Waals surface area contributed by atoms with E-state index in [9.17, 15) is 9.59 Å². The highest BCUT2D eigenvalue weighted by atomic mass is 16.2. The molecule has 0 aromatic carbocycles. The second kappa shape index (κ2) is 7.70. The number of hydrogen-bond donors (Lipinski definition) is 0. The number of likely N-dealkylation sites (tertiary alicyclic amines) is 1. The lowest BCUT2D eigenvalue weighted by atomic mass is 9.73. The number of hydrogen-bond acceptors (Lipinski definition) is 5. The Bertz CT molecular complexity index is 853. The number of carbonyl (C=O) groups excluding carboxylic acids is 2. The van der Waals surface area contributed by atoms with E-state index in [-0.39, 0.29) is 17.1 Å². The molecule has 2 saturated heterocycles. The van der Waals surface area contributed by atoms with Crippen molar-refractivity contribution in [2.24, 2.45) is 5.41 Å². The third-order valence-corrected chi connectivity index (χ3v) is 5.98. The zero-order valence-electron chi connectivity index (χ0n) is 16.3. The summed E-state index contributed by atoms with van der Waals surface area (Å²) in [4.78, 5) is 37.0. The maximum Gasteiger partial charge on any atom is 0.222 e. The Balaban J connectivity index is 1.49. The van der Waals surface area contributed by atoms with Gasteiger partial charge in [0.1, 0.15) is 5.82 Å². The molecule has 1 amide bonds. The molecule has 0 saturated carbocycles. The average molecular weight is 378 g/mol. The fourth-order valence-corrected chi connectivity index (χ4v) is 4.48. The molecular formula is C22H26N4O2. The molecule has 1 spiro atoms.